The summed E-state index contributed by atoms with van der Waals surface area (Å²) in [6, 6.07) is 0.357. The van der Waals surface area contributed by atoms with Gasteiger partial charge in [0.1, 0.15) is 0 Å². The van der Waals surface area contributed by atoms with Gasteiger partial charge in [0.2, 0.25) is 0 Å². The van der Waals surface area contributed by atoms with Gasteiger partial charge in [0, 0.05) is 44.5 Å². The van der Waals surface area contributed by atoms with Crippen LogP contribution in [-0.2, 0) is 0 Å². The van der Waals surface area contributed by atoms with Gasteiger partial charge in [-0.1, -0.05) is 20.8 Å². The van der Waals surface area contributed by atoms with Gasteiger partial charge >= 0.3 is 6.03 Å². The topological polar surface area (TPSA) is 61.6 Å². The highest BCUT2D eigenvalue weighted by Crippen LogP contribution is 2.20. The minimum atomic E-state index is -0.0260. The third-order valence-corrected chi connectivity index (χ3v) is 3.48. The predicted octanol–water partition coefficient (Wildman–Crippen LogP) is 1.57. The number of hydrogen-bond donors (Lipinski definition) is 2. The summed E-state index contributed by atoms with van der Waals surface area (Å²) >= 11 is 0. The Balaban J connectivity index is 2.51. The molecule has 0 aliphatic carbocycles. The van der Waals surface area contributed by atoms with Crippen molar-refractivity contribution in [1.82, 2.24) is 15.1 Å². The van der Waals surface area contributed by atoms with E-state index < -0.39 is 0 Å². The van der Waals surface area contributed by atoms with E-state index in [4.69, 9.17) is 5.73 Å². The Hall–Kier alpha value is -1.39. The number of nitrogens with one attached hydrogen (secondary N) is 1. The molecule has 0 bridgehead atoms. The van der Waals surface area contributed by atoms with Crippen LogP contribution in [0.25, 0.3) is 0 Å². The van der Waals surface area contributed by atoms with E-state index in [2.05, 4.69) is 26.1 Å². The van der Waals surface area contributed by atoms with Crippen LogP contribution in [0.1, 0.15) is 33.6 Å². The Kier molecular flexibility index (Phi) is 5.09. The number of urea groups is 1. The average molecular weight is 268 g/mol. The molecule has 5 nitrogen and oxygen atoms in total. The third kappa shape index (κ3) is 4.33. The smallest absolute Gasteiger partial charge is 0.319 e. The van der Waals surface area contributed by atoms with Crippen molar-refractivity contribution in [2.24, 2.45) is 11.1 Å². The zero-order valence-corrected chi connectivity index (χ0v) is 12.9. The van der Waals surface area contributed by atoms with E-state index in [1.165, 1.54) is 0 Å². The normalized spacial score (nSPS) is 20.6. The van der Waals surface area contributed by atoms with Crippen LogP contribution < -0.4 is 11.1 Å². The quantitative estimate of drug-likeness (QED) is 0.816. The molecule has 0 aromatic carbocycles. The Bertz CT molecular complexity index is 344. The molecule has 0 aromatic rings. The molecule has 1 heterocycles. The van der Waals surface area contributed by atoms with Gasteiger partial charge in [0.25, 0.3) is 0 Å². The van der Waals surface area contributed by atoms with Crippen LogP contribution >= 0.6 is 0 Å². The fourth-order valence-electron chi connectivity index (χ4n) is 2.08. The Morgan fingerprint density at radius 1 is 1.47 bits per heavy atom. The van der Waals surface area contributed by atoms with E-state index in [-0.39, 0.29) is 17.5 Å². The van der Waals surface area contributed by atoms with Gasteiger partial charge in [-0.3, -0.25) is 0 Å². The molecule has 1 saturated heterocycles. The first-order chi connectivity index (χ1) is 8.73. The highest BCUT2D eigenvalue weighted by molar-refractivity contribution is 5.74. The van der Waals surface area contributed by atoms with Crippen molar-refractivity contribution < 1.29 is 4.79 Å². The van der Waals surface area contributed by atoms with E-state index >= 15 is 0 Å². The first kappa shape index (κ1) is 15.7. The van der Waals surface area contributed by atoms with Crippen LogP contribution in [0.15, 0.2) is 11.9 Å². The lowest BCUT2D eigenvalue weighted by molar-refractivity contribution is 0.166. The monoisotopic (exact) mass is 268 g/mol. The fraction of sp³-hybridized carbons (Fsp3) is 0.786. The molecule has 0 unspecified atom stereocenters. The number of hydrogen-bond acceptors (Lipinski definition) is 3. The maximum Gasteiger partial charge on any atom is 0.319 e. The van der Waals surface area contributed by atoms with E-state index in [9.17, 15) is 4.79 Å². The number of carbonyl (C=O) groups excluding carboxylic acids is 1. The number of allylic oxidation sites excluding steroid dienone is 1. The van der Waals surface area contributed by atoms with Crippen molar-refractivity contribution >= 4 is 6.03 Å². The highest BCUT2D eigenvalue weighted by atomic mass is 16.2. The summed E-state index contributed by atoms with van der Waals surface area (Å²) in [5.41, 5.74) is 6.79. The van der Waals surface area contributed by atoms with Gasteiger partial charge in [-0.25, -0.2) is 4.79 Å². The molecular weight excluding hydrogens is 240 g/mol. The first-order valence-electron chi connectivity index (χ1n) is 6.91. The van der Waals surface area contributed by atoms with Crippen molar-refractivity contribution in [3.8, 4) is 0 Å². The second-order valence-electron chi connectivity index (χ2n) is 6.42. The molecule has 1 rings (SSSR count). The first-order valence-corrected chi connectivity index (χ1v) is 6.91. The molecule has 1 aliphatic rings. The zero-order chi connectivity index (χ0) is 14.6. The van der Waals surface area contributed by atoms with Gasteiger partial charge in [-0.05, 0) is 12.8 Å². The molecule has 0 aromatic heterocycles. The number of nitrogens with two attached hydrogens (primary N) is 1. The van der Waals surface area contributed by atoms with Gasteiger partial charge < -0.3 is 20.9 Å². The SMILES string of the molecule is CN(C)C(=O)N1CCC[C@@H]1CN/C=C(\N)C(C)(C)C. The third-order valence-electron chi connectivity index (χ3n) is 3.48. The lowest BCUT2D eigenvalue weighted by Crippen LogP contribution is -2.45. The molecule has 0 spiro atoms. The summed E-state index contributed by atoms with van der Waals surface area (Å²) in [4.78, 5) is 15.6. The fourth-order valence-corrected chi connectivity index (χ4v) is 2.08. The van der Waals surface area contributed by atoms with Crippen molar-refractivity contribution in [3.05, 3.63) is 11.9 Å². The number of nitrogens with zero attached hydrogens (tertiary/aromatic N) is 2. The van der Waals surface area contributed by atoms with Gasteiger partial charge in [-0.2, -0.15) is 0 Å². The Morgan fingerprint density at radius 3 is 2.63 bits per heavy atom. The van der Waals surface area contributed by atoms with E-state index in [0.717, 1.165) is 31.6 Å². The second-order valence-corrected chi connectivity index (χ2v) is 6.42. The molecule has 1 atom stereocenters. The zero-order valence-electron chi connectivity index (χ0n) is 12.9. The molecule has 5 heteroatoms. The average Bonchev–Trinajstić information content (AvgIpc) is 2.74. The molecule has 3 N–H and O–H groups in total. The number of carbonyl (C=O) groups is 1. The van der Waals surface area contributed by atoms with E-state index in [0.29, 0.717) is 0 Å². The molecule has 2 amide bonds. The molecule has 0 saturated carbocycles. The Labute approximate surface area is 116 Å². The maximum atomic E-state index is 12.0. The molecule has 0 radical (unpaired) electrons. The summed E-state index contributed by atoms with van der Waals surface area (Å²) in [7, 11) is 3.59. The summed E-state index contributed by atoms with van der Waals surface area (Å²) in [6.07, 6.45) is 4.00. The molecule has 110 valence electrons. The standard InChI is InChI=1S/C14H28N4O/c1-14(2,3)12(15)10-16-9-11-7-6-8-18(11)13(19)17(4)5/h10-11,16H,6-9,15H2,1-5H3/b12-10-/t11-/m1/s1. The maximum absolute atomic E-state index is 12.0. The van der Waals surface area contributed by atoms with Crippen molar-refractivity contribution in [3.63, 3.8) is 0 Å². The summed E-state index contributed by atoms with van der Waals surface area (Å²) in [6.45, 7) is 7.85. The summed E-state index contributed by atoms with van der Waals surface area (Å²) in [5.74, 6) is 0. The van der Waals surface area contributed by atoms with E-state index in [1.807, 2.05) is 11.1 Å². The lowest BCUT2D eigenvalue weighted by Gasteiger charge is -2.28. The minimum Gasteiger partial charge on any atom is -0.400 e. The van der Waals surface area contributed by atoms with Crippen LogP contribution in [0.3, 0.4) is 0 Å². The number of likely N-dealkylation sites (tertiary alicyclic amines) is 1. The van der Waals surface area contributed by atoms with Gasteiger partial charge in [-0.15, -0.1) is 0 Å². The molecular formula is C14H28N4O. The summed E-state index contributed by atoms with van der Waals surface area (Å²) in [5, 5.41) is 3.26. The van der Waals surface area contributed by atoms with Crippen LogP contribution in [0.4, 0.5) is 4.79 Å². The number of amides is 2. The summed E-state index contributed by atoms with van der Waals surface area (Å²) < 4.78 is 0. The van der Waals surface area contributed by atoms with Gasteiger partial charge in [0.15, 0.2) is 0 Å². The minimum absolute atomic E-state index is 0.0260. The lowest BCUT2D eigenvalue weighted by atomic mass is 9.93. The second kappa shape index (κ2) is 6.17. The van der Waals surface area contributed by atoms with Crippen LogP contribution in [-0.4, -0.2) is 49.1 Å². The van der Waals surface area contributed by atoms with Crippen LogP contribution in [0.2, 0.25) is 0 Å². The van der Waals surface area contributed by atoms with Gasteiger partial charge in [0.05, 0.1) is 6.04 Å². The van der Waals surface area contributed by atoms with Crippen LogP contribution in [0, 0.1) is 5.41 Å². The molecule has 1 fully saturated rings. The highest BCUT2D eigenvalue weighted by Gasteiger charge is 2.29. The largest absolute Gasteiger partial charge is 0.400 e. The van der Waals surface area contributed by atoms with Crippen LogP contribution in [0.5, 0.6) is 0 Å². The molecule has 19 heavy (non-hydrogen) atoms. The van der Waals surface area contributed by atoms with Crippen molar-refractivity contribution in [2.45, 2.75) is 39.7 Å². The Morgan fingerprint density at radius 2 is 2.11 bits per heavy atom. The van der Waals surface area contributed by atoms with E-state index in [1.54, 1.807) is 19.0 Å². The number of rotatable bonds is 3. The van der Waals surface area contributed by atoms with Crippen molar-refractivity contribution in [2.75, 3.05) is 27.2 Å². The van der Waals surface area contributed by atoms with Crippen molar-refractivity contribution in [1.29, 1.82) is 0 Å². The molecule has 1 aliphatic heterocycles. The predicted molar refractivity (Wildman–Crippen MR) is 78.5 cm³/mol.